The number of nitrogens with one attached hydrogen (secondary N) is 2. The highest BCUT2D eigenvalue weighted by Crippen LogP contribution is 2.24. The normalized spacial score (nSPS) is 15.0. The number of hydrogen-bond donors (Lipinski definition) is 2. The van der Waals surface area contributed by atoms with Gasteiger partial charge in [-0.15, -0.1) is 0 Å². The van der Waals surface area contributed by atoms with Crippen molar-refractivity contribution in [3.8, 4) is 0 Å². The Balaban J connectivity index is 1.86. The van der Waals surface area contributed by atoms with Gasteiger partial charge in [0.15, 0.2) is 0 Å². The van der Waals surface area contributed by atoms with Crippen LogP contribution in [0.15, 0.2) is 41.0 Å². The van der Waals surface area contributed by atoms with Crippen LogP contribution in [0, 0.1) is 0 Å². The van der Waals surface area contributed by atoms with Gasteiger partial charge in [-0.2, -0.15) is 0 Å². The first kappa shape index (κ1) is 11.5. The third kappa shape index (κ3) is 1.99. The molecule has 2 amide bonds. The maximum atomic E-state index is 11.6. The fourth-order valence-corrected chi connectivity index (χ4v) is 2.12. The molecule has 1 aromatic heterocycles. The van der Waals surface area contributed by atoms with Gasteiger partial charge in [-0.3, -0.25) is 14.9 Å². The minimum atomic E-state index is -0.352. The molecule has 0 saturated heterocycles. The monoisotopic (exact) mass is 256 g/mol. The maximum Gasteiger partial charge on any atom is 0.259 e. The minimum absolute atomic E-state index is 0.0202. The summed E-state index contributed by atoms with van der Waals surface area (Å²) in [4.78, 5) is 23.0. The number of hydrogen-bond acceptors (Lipinski definition) is 4. The van der Waals surface area contributed by atoms with E-state index in [1.165, 1.54) is 0 Å². The third-order valence-electron chi connectivity index (χ3n) is 3.09. The fraction of sp³-hybridized carbons (Fsp3) is 0.143. The Labute approximate surface area is 109 Å². The summed E-state index contributed by atoms with van der Waals surface area (Å²) in [6.45, 7) is 1.96. The van der Waals surface area contributed by atoms with Gasteiger partial charge in [-0.25, -0.2) is 0 Å². The van der Waals surface area contributed by atoms with Gasteiger partial charge in [0.05, 0.1) is 23.4 Å². The molecule has 0 spiro atoms. The van der Waals surface area contributed by atoms with Crippen LogP contribution in [0.1, 0.15) is 39.4 Å². The standard InChI is InChI=1S/C14H12N2O3/c1-8(12-3-2-6-19-12)15-9-4-5-10-11(7-9)14(18)16-13(10)17/h2-8,15H,1H3,(H,16,17,18). The molecule has 0 saturated carbocycles. The number of furan rings is 1. The molecule has 2 N–H and O–H groups in total. The van der Waals surface area contributed by atoms with E-state index in [1.807, 2.05) is 19.1 Å². The van der Waals surface area contributed by atoms with Crippen molar-refractivity contribution in [2.75, 3.05) is 5.32 Å². The summed E-state index contributed by atoms with van der Waals surface area (Å²) in [6, 6.07) is 8.77. The average Bonchev–Trinajstić information content (AvgIpc) is 2.99. The zero-order chi connectivity index (χ0) is 13.4. The van der Waals surface area contributed by atoms with Gasteiger partial charge in [0.25, 0.3) is 11.8 Å². The fourth-order valence-electron chi connectivity index (χ4n) is 2.12. The smallest absolute Gasteiger partial charge is 0.259 e. The third-order valence-corrected chi connectivity index (χ3v) is 3.09. The second kappa shape index (κ2) is 4.28. The zero-order valence-electron chi connectivity index (χ0n) is 10.3. The highest BCUT2D eigenvalue weighted by Gasteiger charge is 2.26. The molecule has 1 aromatic carbocycles. The molecule has 5 nitrogen and oxygen atoms in total. The van der Waals surface area contributed by atoms with Crippen molar-refractivity contribution >= 4 is 17.5 Å². The van der Waals surface area contributed by atoms with E-state index in [2.05, 4.69) is 10.6 Å². The molecule has 2 heterocycles. The minimum Gasteiger partial charge on any atom is -0.467 e. The van der Waals surface area contributed by atoms with E-state index in [4.69, 9.17) is 4.42 Å². The van der Waals surface area contributed by atoms with Crippen molar-refractivity contribution in [3.63, 3.8) is 0 Å². The molecule has 0 aliphatic carbocycles. The molecule has 96 valence electrons. The number of anilines is 1. The lowest BCUT2D eigenvalue weighted by molar-refractivity contribution is 0.0879. The number of carbonyl (C=O) groups is 2. The van der Waals surface area contributed by atoms with Gasteiger partial charge in [0.2, 0.25) is 0 Å². The number of benzene rings is 1. The Morgan fingerprint density at radius 2 is 1.95 bits per heavy atom. The summed E-state index contributed by atoms with van der Waals surface area (Å²) in [5.74, 6) is 0.112. The van der Waals surface area contributed by atoms with Crippen LogP contribution in [0.4, 0.5) is 5.69 Å². The van der Waals surface area contributed by atoms with E-state index in [9.17, 15) is 9.59 Å². The van der Waals surface area contributed by atoms with Crippen LogP contribution in [0.3, 0.4) is 0 Å². The highest BCUT2D eigenvalue weighted by atomic mass is 16.3. The van der Waals surface area contributed by atoms with Gasteiger partial charge in [0, 0.05) is 5.69 Å². The second-order valence-corrected chi connectivity index (χ2v) is 4.43. The van der Waals surface area contributed by atoms with Crippen molar-refractivity contribution in [2.45, 2.75) is 13.0 Å². The van der Waals surface area contributed by atoms with Crippen molar-refractivity contribution in [1.29, 1.82) is 0 Å². The molecule has 1 unspecified atom stereocenters. The van der Waals surface area contributed by atoms with Crippen LogP contribution in [0.25, 0.3) is 0 Å². The van der Waals surface area contributed by atoms with E-state index in [-0.39, 0.29) is 17.9 Å². The van der Waals surface area contributed by atoms with E-state index < -0.39 is 0 Å². The van der Waals surface area contributed by atoms with Crippen LogP contribution in [-0.4, -0.2) is 11.8 Å². The second-order valence-electron chi connectivity index (χ2n) is 4.43. The summed E-state index contributed by atoms with van der Waals surface area (Å²) in [6.07, 6.45) is 1.61. The van der Waals surface area contributed by atoms with E-state index in [0.717, 1.165) is 11.4 Å². The molecule has 3 rings (SSSR count). The van der Waals surface area contributed by atoms with Crippen molar-refractivity contribution in [1.82, 2.24) is 5.32 Å². The lowest BCUT2D eigenvalue weighted by Crippen LogP contribution is -2.19. The lowest BCUT2D eigenvalue weighted by atomic mass is 10.1. The molecule has 0 fully saturated rings. The molecule has 5 heteroatoms. The Morgan fingerprint density at radius 3 is 2.68 bits per heavy atom. The molecular formula is C14H12N2O3. The molecule has 2 aromatic rings. The Kier molecular flexibility index (Phi) is 2.59. The van der Waals surface area contributed by atoms with Crippen molar-refractivity contribution in [2.24, 2.45) is 0 Å². The SMILES string of the molecule is CC(Nc1ccc2c(c1)C(=O)NC2=O)c1ccco1. The lowest BCUT2D eigenvalue weighted by Gasteiger charge is -2.13. The van der Waals surface area contributed by atoms with Gasteiger partial charge >= 0.3 is 0 Å². The summed E-state index contributed by atoms with van der Waals surface area (Å²) in [5, 5.41) is 5.49. The van der Waals surface area contributed by atoms with Crippen LogP contribution in [0.5, 0.6) is 0 Å². The van der Waals surface area contributed by atoms with Crippen molar-refractivity contribution in [3.05, 3.63) is 53.5 Å². The predicted octanol–water partition coefficient (Wildman–Crippen LogP) is 2.34. The Morgan fingerprint density at radius 1 is 1.16 bits per heavy atom. The number of imide groups is 1. The number of fused-ring (bicyclic) bond motifs is 1. The number of carbonyl (C=O) groups excluding carboxylic acids is 2. The molecule has 1 aliphatic rings. The van der Waals surface area contributed by atoms with Gasteiger partial charge in [0.1, 0.15) is 5.76 Å². The maximum absolute atomic E-state index is 11.6. The largest absolute Gasteiger partial charge is 0.467 e. The van der Waals surface area contributed by atoms with Gasteiger partial charge in [-0.1, -0.05) is 0 Å². The van der Waals surface area contributed by atoms with Crippen LogP contribution >= 0.6 is 0 Å². The molecule has 0 bridgehead atoms. The van der Waals surface area contributed by atoms with E-state index >= 15 is 0 Å². The van der Waals surface area contributed by atoms with E-state index in [0.29, 0.717) is 11.1 Å². The summed E-state index contributed by atoms with van der Waals surface area (Å²) < 4.78 is 5.30. The zero-order valence-corrected chi connectivity index (χ0v) is 10.3. The van der Waals surface area contributed by atoms with Crippen LogP contribution in [-0.2, 0) is 0 Å². The quantitative estimate of drug-likeness (QED) is 0.827. The van der Waals surface area contributed by atoms with Gasteiger partial charge < -0.3 is 9.73 Å². The highest BCUT2D eigenvalue weighted by molar-refractivity contribution is 6.21. The Bertz CT molecular complexity index is 647. The number of amides is 2. The van der Waals surface area contributed by atoms with Crippen LogP contribution in [0.2, 0.25) is 0 Å². The first-order valence-electron chi connectivity index (χ1n) is 5.95. The van der Waals surface area contributed by atoms with Crippen molar-refractivity contribution < 1.29 is 14.0 Å². The predicted molar refractivity (Wildman–Crippen MR) is 69.0 cm³/mol. The van der Waals surface area contributed by atoms with E-state index in [1.54, 1.807) is 24.5 Å². The molecule has 0 radical (unpaired) electrons. The summed E-state index contributed by atoms with van der Waals surface area (Å²) in [7, 11) is 0. The summed E-state index contributed by atoms with van der Waals surface area (Å²) >= 11 is 0. The average molecular weight is 256 g/mol. The number of rotatable bonds is 3. The molecule has 1 aliphatic heterocycles. The molecular weight excluding hydrogens is 244 g/mol. The molecule has 19 heavy (non-hydrogen) atoms. The first-order chi connectivity index (χ1) is 9.15. The van der Waals surface area contributed by atoms with Crippen LogP contribution < -0.4 is 10.6 Å². The Hall–Kier alpha value is -2.56. The summed E-state index contributed by atoms with van der Waals surface area (Å²) in [5.41, 5.74) is 1.59. The molecule has 1 atom stereocenters. The topological polar surface area (TPSA) is 71.3 Å². The van der Waals surface area contributed by atoms with Gasteiger partial charge in [-0.05, 0) is 37.3 Å². The first-order valence-corrected chi connectivity index (χ1v) is 5.95.